The number of fused-ring (bicyclic) bond motifs is 1. The first-order valence-corrected chi connectivity index (χ1v) is 11.2. The fraction of sp³-hybridized carbons (Fsp3) is 0.400. The first-order valence-electron chi connectivity index (χ1n) is 9.79. The van der Waals surface area contributed by atoms with E-state index in [1.54, 1.807) is 12.1 Å². The fourth-order valence-electron chi connectivity index (χ4n) is 3.50. The van der Waals surface area contributed by atoms with Gasteiger partial charge in [-0.25, -0.2) is 8.42 Å². The highest BCUT2D eigenvalue weighted by Crippen LogP contribution is 2.32. The molecule has 0 bridgehead atoms. The summed E-state index contributed by atoms with van der Waals surface area (Å²) in [4.78, 5) is 24.5. The number of sulfonamides is 1. The van der Waals surface area contributed by atoms with Crippen LogP contribution in [0, 0.1) is 0 Å². The third kappa shape index (κ3) is 4.34. The second-order valence-electron chi connectivity index (χ2n) is 7.26. The average Bonchev–Trinajstić information content (AvgIpc) is 3.22. The van der Waals surface area contributed by atoms with E-state index in [0.29, 0.717) is 24.6 Å². The molecule has 0 radical (unpaired) electrons. The molecule has 0 aliphatic carbocycles. The van der Waals surface area contributed by atoms with E-state index in [0.717, 1.165) is 29.4 Å². The average molecular weight is 433 g/mol. The Kier molecular flexibility index (Phi) is 5.78. The normalized spacial score (nSPS) is 16.4. The number of aromatic nitrogens is 1. The molecule has 2 aliphatic heterocycles. The van der Waals surface area contributed by atoms with Crippen LogP contribution in [0.5, 0.6) is 11.5 Å². The number of rotatable bonds is 6. The number of amides is 1. The molecule has 0 spiro atoms. The van der Waals surface area contributed by atoms with Crippen LogP contribution in [0.1, 0.15) is 24.8 Å². The number of piperidine rings is 1. The second kappa shape index (κ2) is 8.49. The van der Waals surface area contributed by atoms with Gasteiger partial charge in [-0.1, -0.05) is 12.5 Å². The molecule has 1 amide bonds. The highest BCUT2D eigenvalue weighted by Gasteiger charge is 2.26. The van der Waals surface area contributed by atoms with Crippen LogP contribution in [0.15, 0.2) is 46.2 Å². The van der Waals surface area contributed by atoms with E-state index in [1.165, 1.54) is 22.6 Å². The standard InChI is InChI=1S/C20H23N3O6S/c24-19(21-11-15-4-6-17-18(10-15)29-14-28-17)13-22-12-16(5-7-20(22)25)30(26,27)23-8-2-1-3-9-23/h4-7,10,12H,1-3,8-9,11,13-14H2,(H,21,24). The first-order chi connectivity index (χ1) is 14.4. The maximum atomic E-state index is 12.8. The molecule has 9 nitrogen and oxygen atoms in total. The summed E-state index contributed by atoms with van der Waals surface area (Å²) < 4.78 is 38.8. The van der Waals surface area contributed by atoms with Crippen LogP contribution in [-0.2, 0) is 27.9 Å². The highest BCUT2D eigenvalue weighted by molar-refractivity contribution is 7.89. The van der Waals surface area contributed by atoms with Gasteiger partial charge in [0.1, 0.15) is 6.54 Å². The third-order valence-electron chi connectivity index (χ3n) is 5.15. The molecule has 1 N–H and O–H groups in total. The lowest BCUT2D eigenvalue weighted by molar-refractivity contribution is -0.121. The molecule has 0 atom stereocenters. The van der Waals surface area contributed by atoms with Crippen molar-refractivity contribution in [2.24, 2.45) is 0 Å². The summed E-state index contributed by atoms with van der Waals surface area (Å²) in [7, 11) is -3.68. The van der Waals surface area contributed by atoms with Crippen LogP contribution >= 0.6 is 0 Å². The highest BCUT2D eigenvalue weighted by atomic mass is 32.2. The molecule has 0 saturated carbocycles. The first kappa shape index (κ1) is 20.4. The number of nitrogens with zero attached hydrogens (tertiary/aromatic N) is 2. The van der Waals surface area contributed by atoms with Crippen molar-refractivity contribution in [3.8, 4) is 11.5 Å². The van der Waals surface area contributed by atoms with Crippen LogP contribution < -0.4 is 20.3 Å². The van der Waals surface area contributed by atoms with Crippen molar-refractivity contribution in [3.05, 3.63) is 52.4 Å². The van der Waals surface area contributed by atoms with Gasteiger partial charge in [0.15, 0.2) is 11.5 Å². The molecule has 30 heavy (non-hydrogen) atoms. The lowest BCUT2D eigenvalue weighted by atomic mass is 10.2. The van der Waals surface area contributed by atoms with Crippen LogP contribution in [0.4, 0.5) is 0 Å². The van der Waals surface area contributed by atoms with Crippen LogP contribution in [0.3, 0.4) is 0 Å². The SMILES string of the molecule is O=C(Cn1cc(S(=O)(=O)N2CCCCC2)ccc1=O)NCc1ccc2c(c1)OCO2. The van der Waals surface area contributed by atoms with Crippen molar-refractivity contribution in [2.75, 3.05) is 19.9 Å². The van der Waals surface area contributed by atoms with Crippen LogP contribution in [-0.4, -0.2) is 43.1 Å². The van der Waals surface area contributed by atoms with Gasteiger partial charge in [0.25, 0.3) is 5.56 Å². The van der Waals surface area contributed by atoms with Crippen molar-refractivity contribution in [1.29, 1.82) is 0 Å². The van der Waals surface area contributed by atoms with E-state index in [4.69, 9.17) is 9.47 Å². The van der Waals surface area contributed by atoms with Gasteiger partial charge < -0.3 is 19.4 Å². The molecule has 2 aromatic rings. The quantitative estimate of drug-likeness (QED) is 0.730. The van der Waals surface area contributed by atoms with Crippen molar-refractivity contribution in [2.45, 2.75) is 37.2 Å². The van der Waals surface area contributed by atoms with Gasteiger partial charge in [0.2, 0.25) is 22.7 Å². The Morgan fingerprint density at radius 1 is 1.03 bits per heavy atom. The third-order valence-corrected chi connectivity index (χ3v) is 7.03. The molecule has 4 rings (SSSR count). The van der Waals surface area contributed by atoms with Crippen molar-refractivity contribution < 1.29 is 22.7 Å². The van der Waals surface area contributed by atoms with Crippen LogP contribution in [0.2, 0.25) is 0 Å². The van der Waals surface area contributed by atoms with Crippen molar-refractivity contribution >= 4 is 15.9 Å². The van der Waals surface area contributed by atoms with Gasteiger partial charge in [-0.3, -0.25) is 9.59 Å². The Hall–Kier alpha value is -2.85. The maximum Gasteiger partial charge on any atom is 0.251 e. The number of ether oxygens (including phenoxy) is 2. The molecular formula is C20H23N3O6S. The number of benzene rings is 1. The fourth-order valence-corrected chi connectivity index (χ4v) is 5.04. The minimum Gasteiger partial charge on any atom is -0.454 e. The van der Waals surface area contributed by atoms with E-state index in [2.05, 4.69) is 5.32 Å². The molecule has 3 heterocycles. The van der Waals surface area contributed by atoms with Gasteiger partial charge in [-0.05, 0) is 36.6 Å². The number of hydrogen-bond donors (Lipinski definition) is 1. The van der Waals surface area contributed by atoms with Gasteiger partial charge in [-0.15, -0.1) is 0 Å². The zero-order chi connectivity index (χ0) is 21.1. The summed E-state index contributed by atoms with van der Waals surface area (Å²) in [6, 6.07) is 7.84. The smallest absolute Gasteiger partial charge is 0.251 e. The molecule has 1 fully saturated rings. The summed E-state index contributed by atoms with van der Waals surface area (Å²) in [5.74, 6) is 0.874. The largest absolute Gasteiger partial charge is 0.454 e. The van der Waals surface area contributed by atoms with E-state index >= 15 is 0 Å². The van der Waals surface area contributed by atoms with Gasteiger partial charge in [0, 0.05) is 31.9 Å². The summed E-state index contributed by atoms with van der Waals surface area (Å²) in [6.45, 7) is 1.09. The molecular weight excluding hydrogens is 410 g/mol. The maximum absolute atomic E-state index is 12.8. The second-order valence-corrected chi connectivity index (χ2v) is 9.20. The number of nitrogens with one attached hydrogen (secondary N) is 1. The molecule has 10 heteroatoms. The van der Waals surface area contributed by atoms with E-state index in [1.807, 2.05) is 6.07 Å². The Labute approximate surface area is 174 Å². The Bertz CT molecular complexity index is 1110. The molecule has 160 valence electrons. The number of pyridine rings is 1. The number of hydrogen-bond acceptors (Lipinski definition) is 6. The predicted molar refractivity (Wildman–Crippen MR) is 108 cm³/mol. The predicted octanol–water partition coefficient (Wildman–Crippen LogP) is 1.07. The molecule has 1 saturated heterocycles. The van der Waals surface area contributed by atoms with Gasteiger partial charge in [-0.2, -0.15) is 4.31 Å². The van der Waals surface area contributed by atoms with E-state index in [9.17, 15) is 18.0 Å². The zero-order valence-electron chi connectivity index (χ0n) is 16.4. The summed E-state index contributed by atoms with van der Waals surface area (Å²) >= 11 is 0. The van der Waals surface area contributed by atoms with Gasteiger partial charge >= 0.3 is 0 Å². The number of carbonyl (C=O) groups is 1. The lowest BCUT2D eigenvalue weighted by Crippen LogP contribution is -2.37. The lowest BCUT2D eigenvalue weighted by Gasteiger charge is -2.26. The Balaban J connectivity index is 1.43. The Morgan fingerprint density at radius 3 is 2.60 bits per heavy atom. The summed E-state index contributed by atoms with van der Waals surface area (Å²) in [5, 5.41) is 2.73. The minimum atomic E-state index is -3.68. The topological polar surface area (TPSA) is 107 Å². The zero-order valence-corrected chi connectivity index (χ0v) is 17.2. The molecule has 1 aromatic carbocycles. The summed E-state index contributed by atoms with van der Waals surface area (Å²) in [6.07, 6.45) is 3.89. The van der Waals surface area contributed by atoms with E-state index < -0.39 is 21.5 Å². The molecule has 2 aliphatic rings. The van der Waals surface area contributed by atoms with Crippen molar-refractivity contribution in [1.82, 2.24) is 14.2 Å². The van der Waals surface area contributed by atoms with Crippen molar-refractivity contribution in [3.63, 3.8) is 0 Å². The van der Waals surface area contributed by atoms with E-state index in [-0.39, 0.29) is 24.8 Å². The number of carbonyl (C=O) groups excluding carboxylic acids is 1. The summed E-state index contributed by atoms with van der Waals surface area (Å²) in [5.41, 5.74) is 0.382. The minimum absolute atomic E-state index is 0.0209. The van der Waals surface area contributed by atoms with Gasteiger partial charge in [0.05, 0.1) is 4.90 Å². The van der Waals surface area contributed by atoms with Crippen LogP contribution in [0.25, 0.3) is 0 Å². The Morgan fingerprint density at radius 2 is 1.80 bits per heavy atom. The molecule has 1 aromatic heterocycles. The monoisotopic (exact) mass is 433 g/mol. The molecule has 0 unspecified atom stereocenters.